The van der Waals surface area contributed by atoms with Gasteiger partial charge in [-0.2, -0.15) is 13.2 Å². The van der Waals surface area contributed by atoms with Crippen molar-refractivity contribution in [3.8, 4) is 28.7 Å². The fraction of sp³-hybridized carbons (Fsp3) is 0.208. The number of halogens is 7. The minimum absolute atomic E-state index is 0.162. The van der Waals surface area contributed by atoms with E-state index < -0.39 is 76.4 Å². The number of carbonyl (C=O) groups excluding carboxylic acids is 2. The van der Waals surface area contributed by atoms with Gasteiger partial charge in [-0.15, -0.1) is 13.2 Å². The number of hydrogen-bond donors (Lipinski definition) is 5. The number of alkyl halides is 5. The third kappa shape index (κ3) is 8.56. The molecule has 0 radical (unpaired) electrons. The number of nitrogens with zero attached hydrogens (tertiary/aromatic N) is 1. The lowest BCUT2D eigenvalue weighted by Gasteiger charge is -2.22. The van der Waals surface area contributed by atoms with Crippen molar-refractivity contribution < 1.29 is 74.6 Å². The lowest BCUT2D eigenvalue weighted by molar-refractivity contribution is -0.420. The highest BCUT2D eigenvalue weighted by Crippen LogP contribution is 2.43. The van der Waals surface area contributed by atoms with Crippen LogP contribution in [0.15, 0.2) is 36.5 Å². The Bertz CT molecular complexity index is 1560. The molecule has 1 heterocycles. The van der Waals surface area contributed by atoms with Gasteiger partial charge in [0, 0.05) is 18.8 Å². The molecular weight excluding hydrogens is 607 g/mol. The van der Waals surface area contributed by atoms with E-state index in [4.69, 9.17) is 10.5 Å². The SMILES string of the molecule is Cc1cnc(C(N)=O)cc1NC(=O)c1c(Oc2ccc(OC(C)(F)F)c(F)c2OC(O)(O)O)ccc(OC(F)(F)F)c1F. The van der Waals surface area contributed by atoms with Crippen molar-refractivity contribution in [2.45, 2.75) is 32.5 Å². The first-order chi connectivity index (χ1) is 19.6. The second-order valence-electron chi connectivity index (χ2n) is 8.39. The summed E-state index contributed by atoms with van der Waals surface area (Å²) in [5.41, 5.74) is 3.37. The summed E-state index contributed by atoms with van der Waals surface area (Å²) in [6.07, 6.45) is -12.5. The molecule has 43 heavy (non-hydrogen) atoms. The number of aliphatic hydroxyl groups is 3. The summed E-state index contributed by atoms with van der Waals surface area (Å²) in [4.78, 5) is 28.3. The molecule has 0 aliphatic heterocycles. The van der Waals surface area contributed by atoms with Gasteiger partial charge in [0.2, 0.25) is 11.6 Å². The zero-order chi connectivity index (χ0) is 32.5. The fourth-order valence-electron chi connectivity index (χ4n) is 3.24. The Morgan fingerprint density at radius 2 is 1.44 bits per heavy atom. The van der Waals surface area contributed by atoms with Gasteiger partial charge in [0.05, 0.1) is 0 Å². The molecule has 0 fully saturated rings. The average Bonchev–Trinajstić information content (AvgIpc) is 2.84. The van der Waals surface area contributed by atoms with Crippen molar-refractivity contribution in [1.29, 1.82) is 0 Å². The van der Waals surface area contributed by atoms with E-state index in [0.29, 0.717) is 24.3 Å². The second kappa shape index (κ2) is 11.8. The Hall–Kier alpha value is -4.88. The summed E-state index contributed by atoms with van der Waals surface area (Å²) in [5, 5.41) is 29.7. The monoisotopic (exact) mass is 625 g/mol. The van der Waals surface area contributed by atoms with E-state index in [-0.39, 0.29) is 23.9 Å². The number of aryl methyl sites for hydroxylation is 1. The van der Waals surface area contributed by atoms with Crippen LogP contribution in [0.3, 0.4) is 0 Å². The maximum Gasteiger partial charge on any atom is 0.573 e. The van der Waals surface area contributed by atoms with Crippen LogP contribution in [0.2, 0.25) is 0 Å². The number of carbonyl (C=O) groups is 2. The molecule has 2 aromatic carbocycles. The molecule has 0 spiro atoms. The first kappa shape index (κ1) is 32.6. The number of rotatable bonds is 10. The van der Waals surface area contributed by atoms with Crippen molar-refractivity contribution in [2.75, 3.05) is 5.32 Å². The zero-order valence-electron chi connectivity index (χ0n) is 21.4. The largest absolute Gasteiger partial charge is 0.573 e. The van der Waals surface area contributed by atoms with Crippen LogP contribution >= 0.6 is 0 Å². The van der Waals surface area contributed by atoms with Gasteiger partial charge in [-0.3, -0.25) is 14.6 Å². The van der Waals surface area contributed by atoms with Gasteiger partial charge < -0.3 is 45.3 Å². The summed E-state index contributed by atoms with van der Waals surface area (Å²) in [5.74, 6) is -12.9. The van der Waals surface area contributed by atoms with E-state index in [2.05, 4.69) is 24.5 Å². The Kier molecular flexibility index (Phi) is 8.94. The maximum atomic E-state index is 15.3. The molecule has 0 saturated heterocycles. The minimum atomic E-state index is -5.44. The number of anilines is 1. The number of benzene rings is 2. The van der Waals surface area contributed by atoms with Crippen LogP contribution in [0.4, 0.5) is 36.4 Å². The summed E-state index contributed by atoms with van der Waals surface area (Å²) in [6, 6.07) is 2.89. The van der Waals surface area contributed by atoms with Crippen LogP contribution in [-0.2, 0) is 0 Å². The topological polar surface area (TPSA) is 183 Å². The minimum Gasteiger partial charge on any atom is -0.452 e. The number of ether oxygens (including phenoxy) is 4. The van der Waals surface area contributed by atoms with Gasteiger partial charge in [-0.05, 0) is 42.8 Å². The molecule has 0 aliphatic rings. The Balaban J connectivity index is 2.17. The molecule has 3 rings (SSSR count). The summed E-state index contributed by atoms with van der Waals surface area (Å²) < 4.78 is 113. The van der Waals surface area contributed by atoms with Gasteiger partial charge in [0.1, 0.15) is 17.0 Å². The summed E-state index contributed by atoms with van der Waals surface area (Å²) in [6.45, 7) is 1.58. The number of hydrogen-bond acceptors (Lipinski definition) is 10. The number of nitrogens with one attached hydrogen (secondary N) is 1. The van der Waals surface area contributed by atoms with E-state index in [1.165, 1.54) is 6.92 Å². The van der Waals surface area contributed by atoms with Gasteiger partial charge in [0.15, 0.2) is 23.1 Å². The molecular formula is C24H18F7N3O9. The van der Waals surface area contributed by atoms with E-state index in [9.17, 15) is 51.3 Å². The standard InChI is InChI=1S/C24H18F7N3O9/c1-9-8-33-11(20(32)35)7-10(9)34-21(36)16-12(3-4-13(17(16)25)42-23(29,30)31)40-15-6-5-14(41-22(2,27)28)18(26)19(15)43-24(37,38)39/h3-8,37-39H,1-2H3,(H2,32,35)(H,33,34,36). The van der Waals surface area contributed by atoms with Gasteiger partial charge >= 0.3 is 18.6 Å². The number of amides is 2. The smallest absolute Gasteiger partial charge is 0.452 e. The molecule has 2 amide bonds. The highest BCUT2D eigenvalue weighted by atomic mass is 19.4. The molecule has 232 valence electrons. The lowest BCUT2D eigenvalue weighted by Crippen LogP contribution is -2.35. The summed E-state index contributed by atoms with van der Waals surface area (Å²) in [7, 11) is 0. The van der Waals surface area contributed by atoms with Crippen molar-refractivity contribution in [3.63, 3.8) is 0 Å². The predicted octanol–water partition coefficient (Wildman–Crippen LogP) is 3.67. The van der Waals surface area contributed by atoms with E-state index >= 15 is 4.39 Å². The van der Waals surface area contributed by atoms with Gasteiger partial charge in [-0.25, -0.2) is 4.39 Å². The van der Waals surface area contributed by atoms with Crippen molar-refractivity contribution in [3.05, 3.63) is 65.0 Å². The van der Waals surface area contributed by atoms with Crippen LogP contribution in [0, 0.1) is 18.6 Å². The molecule has 0 aliphatic carbocycles. The van der Waals surface area contributed by atoms with Crippen molar-refractivity contribution in [2.24, 2.45) is 5.73 Å². The third-order valence-electron chi connectivity index (χ3n) is 4.90. The molecule has 19 heteroatoms. The van der Waals surface area contributed by atoms with Crippen LogP contribution in [-0.4, -0.2) is 50.7 Å². The van der Waals surface area contributed by atoms with Crippen LogP contribution in [0.1, 0.15) is 33.3 Å². The Labute approximate surface area is 235 Å². The first-order valence-electron chi connectivity index (χ1n) is 11.2. The highest BCUT2D eigenvalue weighted by Gasteiger charge is 2.36. The second-order valence-corrected chi connectivity index (χ2v) is 8.39. The maximum absolute atomic E-state index is 15.3. The Morgan fingerprint density at radius 1 is 0.884 bits per heavy atom. The molecule has 0 saturated carbocycles. The average molecular weight is 625 g/mol. The van der Waals surface area contributed by atoms with E-state index in [0.717, 1.165) is 12.3 Å². The predicted molar refractivity (Wildman–Crippen MR) is 126 cm³/mol. The zero-order valence-corrected chi connectivity index (χ0v) is 21.4. The first-order valence-corrected chi connectivity index (χ1v) is 11.2. The van der Waals surface area contributed by atoms with Crippen LogP contribution < -0.4 is 30.0 Å². The van der Waals surface area contributed by atoms with Crippen molar-refractivity contribution >= 4 is 17.5 Å². The van der Waals surface area contributed by atoms with Crippen LogP contribution in [0.5, 0.6) is 28.7 Å². The number of primary amides is 1. The number of pyridine rings is 1. The molecule has 0 bridgehead atoms. The lowest BCUT2D eigenvalue weighted by atomic mass is 10.1. The molecule has 1 aromatic heterocycles. The third-order valence-corrected chi connectivity index (χ3v) is 4.90. The van der Waals surface area contributed by atoms with E-state index in [1.54, 1.807) is 0 Å². The molecule has 3 aromatic rings. The molecule has 6 N–H and O–H groups in total. The number of aromatic nitrogens is 1. The molecule has 12 nitrogen and oxygen atoms in total. The highest BCUT2D eigenvalue weighted by molar-refractivity contribution is 6.07. The normalized spacial score (nSPS) is 12.0. The molecule has 0 unspecified atom stereocenters. The quantitative estimate of drug-likeness (QED) is 0.165. The van der Waals surface area contributed by atoms with E-state index in [1.807, 2.05) is 0 Å². The number of nitrogens with two attached hydrogens (primary N) is 1. The van der Waals surface area contributed by atoms with Crippen molar-refractivity contribution in [1.82, 2.24) is 4.98 Å². The summed E-state index contributed by atoms with van der Waals surface area (Å²) >= 11 is 0. The fourth-order valence-corrected chi connectivity index (χ4v) is 3.24. The van der Waals surface area contributed by atoms with Crippen LogP contribution in [0.25, 0.3) is 0 Å². The Morgan fingerprint density at radius 3 is 1.98 bits per heavy atom. The van der Waals surface area contributed by atoms with Gasteiger partial charge in [0.25, 0.3) is 11.8 Å². The van der Waals surface area contributed by atoms with Gasteiger partial charge in [-0.1, -0.05) is 0 Å². The molecule has 0 atom stereocenters.